The number of unbranched alkanes of at least 4 members (excludes halogenated alkanes) is 4. The van der Waals surface area contributed by atoms with Crippen LogP contribution in [0, 0.1) is 11.8 Å². The van der Waals surface area contributed by atoms with Crippen molar-refractivity contribution in [1.82, 2.24) is 0 Å². The zero-order valence-electron chi connectivity index (χ0n) is 16.3. The molecule has 0 amide bonds. The molecule has 0 aliphatic heterocycles. The molecule has 1 aliphatic rings. The molecule has 0 fully saturated rings. The van der Waals surface area contributed by atoms with E-state index in [2.05, 4.69) is 31.7 Å². The molecule has 2 nitrogen and oxygen atoms in total. The Hall–Kier alpha value is -1.37. The fraction of sp³-hybridized carbons (Fsp3) is 0.652. The van der Waals surface area contributed by atoms with Crippen LogP contribution in [0.2, 0.25) is 0 Å². The first kappa shape index (κ1) is 21.7. The minimum atomic E-state index is -0.168. The van der Waals surface area contributed by atoms with Gasteiger partial charge < -0.3 is 5.11 Å². The molecule has 1 rings (SSSR count). The van der Waals surface area contributed by atoms with E-state index in [0.717, 1.165) is 38.5 Å². The van der Waals surface area contributed by atoms with Crippen molar-refractivity contribution in [3.63, 3.8) is 0 Å². The number of aliphatic hydroxyl groups excluding tert-OH is 1. The average Bonchev–Trinajstić information content (AvgIpc) is 2.90. The van der Waals surface area contributed by atoms with Gasteiger partial charge in [-0.2, -0.15) is 0 Å². The molecule has 0 radical (unpaired) electrons. The summed E-state index contributed by atoms with van der Waals surface area (Å²) < 4.78 is 0. The quantitative estimate of drug-likeness (QED) is 0.271. The molecule has 0 saturated heterocycles. The second-order valence-electron chi connectivity index (χ2n) is 7.33. The summed E-state index contributed by atoms with van der Waals surface area (Å²) in [5, 5.41) is 9.23. The van der Waals surface area contributed by atoms with E-state index in [1.165, 1.54) is 24.8 Å². The second-order valence-corrected chi connectivity index (χ2v) is 7.33. The Bertz CT molecular complexity index is 504. The summed E-state index contributed by atoms with van der Waals surface area (Å²) in [4.78, 5) is 12.1. The summed E-state index contributed by atoms with van der Waals surface area (Å²) in [6, 6.07) is 0. The number of carbonyl (C=O) groups is 1. The number of hydrogen-bond acceptors (Lipinski definition) is 2. The highest BCUT2D eigenvalue weighted by molar-refractivity contribution is 5.95. The Morgan fingerprint density at radius 2 is 2.08 bits per heavy atom. The lowest BCUT2D eigenvalue weighted by molar-refractivity contribution is -0.117. The Morgan fingerprint density at radius 1 is 1.32 bits per heavy atom. The van der Waals surface area contributed by atoms with Gasteiger partial charge in [-0.25, -0.2) is 0 Å². The molecule has 0 saturated carbocycles. The van der Waals surface area contributed by atoms with Crippen LogP contribution in [0.25, 0.3) is 0 Å². The van der Waals surface area contributed by atoms with Crippen molar-refractivity contribution in [2.24, 2.45) is 11.8 Å². The summed E-state index contributed by atoms with van der Waals surface area (Å²) in [6.45, 7) is 6.13. The van der Waals surface area contributed by atoms with Gasteiger partial charge in [-0.15, -0.1) is 5.73 Å². The lowest BCUT2D eigenvalue weighted by Gasteiger charge is -2.12. The van der Waals surface area contributed by atoms with Gasteiger partial charge in [0.15, 0.2) is 5.78 Å². The van der Waals surface area contributed by atoms with Crippen molar-refractivity contribution in [3.05, 3.63) is 41.7 Å². The predicted molar refractivity (Wildman–Crippen MR) is 106 cm³/mol. The van der Waals surface area contributed by atoms with Crippen LogP contribution in [0.4, 0.5) is 0 Å². The molecule has 1 unspecified atom stereocenters. The molecule has 2 heteroatoms. The van der Waals surface area contributed by atoms with E-state index in [4.69, 9.17) is 0 Å². The summed E-state index contributed by atoms with van der Waals surface area (Å²) in [5.74, 6) is 0.551. The van der Waals surface area contributed by atoms with Crippen LogP contribution < -0.4 is 0 Å². The van der Waals surface area contributed by atoms with Gasteiger partial charge in [0.2, 0.25) is 0 Å². The van der Waals surface area contributed by atoms with Gasteiger partial charge in [0.25, 0.3) is 0 Å². The number of carbonyl (C=O) groups excluding carboxylic acids is 1. The van der Waals surface area contributed by atoms with Crippen molar-refractivity contribution < 1.29 is 9.90 Å². The molecule has 140 valence electrons. The highest BCUT2D eigenvalue weighted by Crippen LogP contribution is 2.27. The minimum Gasteiger partial charge on any atom is -0.393 e. The van der Waals surface area contributed by atoms with Crippen molar-refractivity contribution in [1.29, 1.82) is 0 Å². The van der Waals surface area contributed by atoms with Crippen molar-refractivity contribution in [2.75, 3.05) is 0 Å². The molecule has 1 aliphatic carbocycles. The van der Waals surface area contributed by atoms with Gasteiger partial charge >= 0.3 is 0 Å². The molecule has 0 aromatic carbocycles. The Morgan fingerprint density at radius 3 is 2.80 bits per heavy atom. The third-order valence-electron chi connectivity index (χ3n) is 4.76. The molecule has 0 spiro atoms. The normalized spacial score (nSPS) is 20.9. The van der Waals surface area contributed by atoms with Gasteiger partial charge in [-0.05, 0) is 63.7 Å². The maximum atomic E-state index is 12.1. The lowest BCUT2D eigenvalue weighted by Crippen LogP contribution is -2.13. The van der Waals surface area contributed by atoms with Gasteiger partial charge in [-0.1, -0.05) is 50.8 Å². The smallest absolute Gasteiger partial charge is 0.159 e. The first-order valence-electron chi connectivity index (χ1n) is 10.0. The van der Waals surface area contributed by atoms with E-state index in [-0.39, 0.29) is 23.7 Å². The van der Waals surface area contributed by atoms with Crippen molar-refractivity contribution in [3.8, 4) is 0 Å². The van der Waals surface area contributed by atoms with Crippen LogP contribution >= 0.6 is 0 Å². The highest BCUT2D eigenvalue weighted by atomic mass is 16.3. The van der Waals surface area contributed by atoms with Gasteiger partial charge in [-0.3, -0.25) is 4.79 Å². The van der Waals surface area contributed by atoms with Crippen LogP contribution in [-0.4, -0.2) is 17.0 Å². The fourth-order valence-corrected chi connectivity index (χ4v) is 3.24. The monoisotopic (exact) mass is 344 g/mol. The molecule has 25 heavy (non-hydrogen) atoms. The molecule has 0 heterocycles. The largest absolute Gasteiger partial charge is 0.393 e. The Labute approximate surface area is 154 Å². The highest BCUT2D eigenvalue weighted by Gasteiger charge is 2.26. The molecule has 0 aromatic rings. The second kappa shape index (κ2) is 12.9. The van der Waals surface area contributed by atoms with E-state index in [1.807, 2.05) is 19.1 Å². The Balaban J connectivity index is 2.32. The SMILES string of the molecule is CCCC(C)=C=CC[C@H]1C(=O)C=C[C@@H]1C=CCCCCCCC(C)O. The number of ketones is 1. The van der Waals surface area contributed by atoms with E-state index >= 15 is 0 Å². The van der Waals surface area contributed by atoms with Crippen LogP contribution in [0.1, 0.15) is 78.6 Å². The van der Waals surface area contributed by atoms with Crippen LogP contribution in [-0.2, 0) is 4.79 Å². The standard InChI is InChI=1S/C23H36O2/c1-4-12-19(2)13-11-16-22-21(17-18-23(22)25)15-10-8-6-5-7-9-14-20(3)24/h10-11,15,17-18,20-22,24H,4-9,12,14,16H2,1-3H3/t13?,20?,21-,22+/m0/s1. The zero-order chi connectivity index (χ0) is 18.5. The van der Waals surface area contributed by atoms with Crippen molar-refractivity contribution >= 4 is 5.78 Å². The molecule has 0 bridgehead atoms. The molecular formula is C23H36O2. The van der Waals surface area contributed by atoms with Crippen molar-refractivity contribution in [2.45, 2.75) is 84.7 Å². The van der Waals surface area contributed by atoms with Gasteiger partial charge in [0.1, 0.15) is 0 Å². The number of allylic oxidation sites excluding steroid dienone is 5. The molecule has 3 atom stereocenters. The predicted octanol–water partition coefficient (Wildman–Crippen LogP) is 5.93. The molecule has 0 aromatic heterocycles. The van der Waals surface area contributed by atoms with Crippen LogP contribution in [0.5, 0.6) is 0 Å². The average molecular weight is 345 g/mol. The summed E-state index contributed by atoms with van der Waals surface area (Å²) in [6.07, 6.45) is 19.8. The summed E-state index contributed by atoms with van der Waals surface area (Å²) >= 11 is 0. The topological polar surface area (TPSA) is 37.3 Å². The zero-order valence-corrected chi connectivity index (χ0v) is 16.3. The number of aliphatic hydroxyl groups is 1. The number of hydrogen-bond donors (Lipinski definition) is 1. The molecular weight excluding hydrogens is 308 g/mol. The maximum absolute atomic E-state index is 12.1. The van der Waals surface area contributed by atoms with E-state index in [1.54, 1.807) is 6.08 Å². The van der Waals surface area contributed by atoms with E-state index < -0.39 is 0 Å². The van der Waals surface area contributed by atoms with Gasteiger partial charge in [0, 0.05) is 11.8 Å². The lowest BCUT2D eigenvalue weighted by atomic mass is 9.90. The van der Waals surface area contributed by atoms with Gasteiger partial charge in [0.05, 0.1) is 6.10 Å². The number of rotatable bonds is 12. The Kier molecular flexibility index (Phi) is 11.2. The maximum Gasteiger partial charge on any atom is 0.159 e. The first-order chi connectivity index (χ1) is 12.0. The van der Waals surface area contributed by atoms with Crippen LogP contribution in [0.15, 0.2) is 41.7 Å². The summed E-state index contributed by atoms with van der Waals surface area (Å²) in [5.41, 5.74) is 4.59. The fourth-order valence-electron chi connectivity index (χ4n) is 3.24. The third kappa shape index (κ3) is 9.63. The third-order valence-corrected chi connectivity index (χ3v) is 4.76. The first-order valence-corrected chi connectivity index (χ1v) is 10.0. The van der Waals surface area contributed by atoms with E-state index in [9.17, 15) is 9.90 Å². The molecule has 1 N–H and O–H groups in total. The van der Waals surface area contributed by atoms with Crippen LogP contribution in [0.3, 0.4) is 0 Å². The van der Waals surface area contributed by atoms with E-state index in [0.29, 0.717) is 0 Å². The minimum absolute atomic E-state index is 0.0595. The summed E-state index contributed by atoms with van der Waals surface area (Å²) in [7, 11) is 0.